The third-order valence-corrected chi connectivity index (χ3v) is 5.96. The van der Waals surface area contributed by atoms with Crippen molar-refractivity contribution in [3.63, 3.8) is 0 Å². The van der Waals surface area contributed by atoms with E-state index in [1.165, 1.54) is 17.7 Å². The van der Waals surface area contributed by atoms with E-state index in [1.807, 2.05) is 0 Å². The molecule has 1 aliphatic rings. The molecule has 3 nitrogen and oxygen atoms in total. The van der Waals surface area contributed by atoms with Crippen LogP contribution < -0.4 is 0 Å². The number of carbonyl (C=O) groups is 1. The fourth-order valence-corrected chi connectivity index (χ4v) is 4.37. The van der Waals surface area contributed by atoms with Gasteiger partial charge in [-0.2, -0.15) is 0 Å². The van der Waals surface area contributed by atoms with Crippen molar-refractivity contribution in [1.29, 1.82) is 0 Å². The van der Waals surface area contributed by atoms with Gasteiger partial charge in [-0.05, 0) is 47.8 Å². The molecule has 2 heterocycles. The van der Waals surface area contributed by atoms with Gasteiger partial charge in [-0.3, -0.25) is 9.69 Å². The predicted molar refractivity (Wildman–Crippen MR) is 81.9 cm³/mol. The van der Waals surface area contributed by atoms with Crippen LogP contribution in [0.2, 0.25) is 4.34 Å². The summed E-state index contributed by atoms with van der Waals surface area (Å²) in [6, 6.07) is 2.46. The van der Waals surface area contributed by atoms with Gasteiger partial charge < -0.3 is 5.11 Å². The minimum Gasteiger partial charge on any atom is -0.481 e. The zero-order chi connectivity index (χ0) is 13.8. The summed E-state index contributed by atoms with van der Waals surface area (Å²) in [5.74, 6) is -0.701. The summed E-state index contributed by atoms with van der Waals surface area (Å²) in [5.41, 5.74) is 0. The molecule has 19 heavy (non-hydrogen) atoms. The van der Waals surface area contributed by atoms with E-state index in [9.17, 15) is 4.79 Å². The van der Waals surface area contributed by atoms with Gasteiger partial charge in [0.05, 0.1) is 0 Å². The van der Waals surface area contributed by atoms with Crippen LogP contribution in [0.5, 0.6) is 0 Å². The van der Waals surface area contributed by atoms with Crippen molar-refractivity contribution in [2.45, 2.75) is 44.7 Å². The van der Waals surface area contributed by atoms with Gasteiger partial charge in [0, 0.05) is 28.4 Å². The van der Waals surface area contributed by atoms with Gasteiger partial charge in [0.15, 0.2) is 0 Å². The highest BCUT2D eigenvalue weighted by atomic mass is 79.9. The minimum absolute atomic E-state index is 0.260. The molecule has 1 saturated heterocycles. The van der Waals surface area contributed by atoms with Crippen LogP contribution in [0.1, 0.15) is 37.0 Å². The number of rotatable bonds is 5. The Hall–Kier alpha value is -0.100. The Morgan fingerprint density at radius 3 is 3.00 bits per heavy atom. The number of nitrogens with zero attached hydrogens (tertiary/aromatic N) is 1. The Bertz CT molecular complexity index is 432. The van der Waals surface area contributed by atoms with Crippen LogP contribution >= 0.6 is 38.9 Å². The van der Waals surface area contributed by atoms with E-state index in [0.29, 0.717) is 6.04 Å². The summed E-state index contributed by atoms with van der Waals surface area (Å²) < 4.78 is 1.74. The van der Waals surface area contributed by atoms with Crippen LogP contribution in [0.3, 0.4) is 0 Å². The quantitative estimate of drug-likeness (QED) is 0.840. The molecule has 1 fully saturated rings. The monoisotopic (exact) mass is 365 g/mol. The van der Waals surface area contributed by atoms with Gasteiger partial charge in [0.25, 0.3) is 0 Å². The number of carboxylic acids is 1. The second kappa shape index (κ2) is 7.07. The average molecular weight is 367 g/mol. The maximum absolute atomic E-state index is 10.7. The topological polar surface area (TPSA) is 40.5 Å². The Kier molecular flexibility index (Phi) is 5.69. The first-order chi connectivity index (χ1) is 9.06. The highest BCUT2D eigenvalue weighted by Crippen LogP contribution is 2.34. The third kappa shape index (κ3) is 4.45. The first-order valence-corrected chi connectivity index (χ1v) is 8.44. The molecule has 1 unspecified atom stereocenters. The molecule has 0 saturated carbocycles. The summed E-state index contributed by atoms with van der Waals surface area (Å²) in [5, 5.41) is 8.82. The number of carboxylic acid groups (broad SMARTS) is 1. The smallest absolute Gasteiger partial charge is 0.303 e. The zero-order valence-electron chi connectivity index (χ0n) is 10.6. The molecule has 6 heteroatoms. The Balaban J connectivity index is 1.96. The van der Waals surface area contributed by atoms with Crippen LogP contribution in [0.15, 0.2) is 10.5 Å². The number of hydrogen-bond donors (Lipinski definition) is 1. The number of halogens is 2. The number of likely N-dealkylation sites (tertiary alicyclic amines) is 1. The summed E-state index contributed by atoms with van der Waals surface area (Å²) in [4.78, 5) is 14.4. The summed E-state index contributed by atoms with van der Waals surface area (Å²) in [6.45, 7) is 1.93. The summed E-state index contributed by atoms with van der Waals surface area (Å²) >= 11 is 11.1. The molecular weight excluding hydrogens is 350 g/mol. The molecular formula is C13H17BrClNO2S. The van der Waals surface area contributed by atoms with Gasteiger partial charge >= 0.3 is 5.97 Å². The number of piperidine rings is 1. The van der Waals surface area contributed by atoms with Crippen molar-refractivity contribution in [1.82, 2.24) is 4.90 Å². The molecule has 0 bridgehead atoms. The van der Waals surface area contributed by atoms with E-state index in [-0.39, 0.29) is 6.42 Å². The van der Waals surface area contributed by atoms with Gasteiger partial charge in [-0.15, -0.1) is 11.3 Å². The predicted octanol–water partition coefficient (Wildman–Crippen LogP) is 4.38. The summed E-state index contributed by atoms with van der Waals surface area (Å²) in [6.07, 6.45) is 4.51. The molecule has 0 aliphatic carbocycles. The van der Waals surface area contributed by atoms with Gasteiger partial charge in [0.2, 0.25) is 0 Å². The van der Waals surface area contributed by atoms with Crippen molar-refractivity contribution in [2.75, 3.05) is 6.54 Å². The van der Waals surface area contributed by atoms with Crippen molar-refractivity contribution in [3.05, 3.63) is 19.8 Å². The molecule has 106 valence electrons. The molecule has 1 aromatic heterocycles. The largest absolute Gasteiger partial charge is 0.481 e. The molecule has 0 amide bonds. The van der Waals surface area contributed by atoms with Gasteiger partial charge in [-0.1, -0.05) is 18.0 Å². The maximum Gasteiger partial charge on any atom is 0.303 e. The molecule has 1 aliphatic heterocycles. The van der Waals surface area contributed by atoms with E-state index in [0.717, 1.165) is 34.7 Å². The van der Waals surface area contributed by atoms with Crippen molar-refractivity contribution < 1.29 is 9.90 Å². The zero-order valence-corrected chi connectivity index (χ0v) is 13.7. The van der Waals surface area contributed by atoms with Crippen LogP contribution in [0, 0.1) is 0 Å². The molecule has 1 aromatic rings. The number of thiophene rings is 1. The second-order valence-corrected chi connectivity index (χ2v) is 7.48. The first kappa shape index (κ1) is 15.3. The maximum atomic E-state index is 10.7. The fourth-order valence-electron chi connectivity index (χ4n) is 2.55. The molecule has 0 aromatic carbocycles. The average Bonchev–Trinajstić information content (AvgIpc) is 2.67. The lowest BCUT2D eigenvalue weighted by Crippen LogP contribution is -2.39. The van der Waals surface area contributed by atoms with E-state index < -0.39 is 5.97 Å². The number of aliphatic carboxylic acids is 1. The Morgan fingerprint density at radius 1 is 1.58 bits per heavy atom. The Morgan fingerprint density at radius 2 is 2.37 bits per heavy atom. The molecule has 1 atom stereocenters. The fraction of sp³-hybridized carbons (Fsp3) is 0.615. The standard InChI is InChI=1S/C13H17BrClNO2S/c14-11-7-10(19-13(11)15)8-16-6-2-1-3-9(16)4-5-12(17)18/h7,9H,1-6,8H2,(H,17,18). The van der Waals surface area contributed by atoms with Crippen LogP contribution in [0.25, 0.3) is 0 Å². The SMILES string of the molecule is O=C(O)CCC1CCCCN1Cc1cc(Br)c(Cl)s1. The van der Waals surface area contributed by atoms with E-state index in [1.54, 1.807) is 11.3 Å². The third-order valence-electron chi connectivity index (χ3n) is 3.50. The first-order valence-electron chi connectivity index (χ1n) is 6.46. The van der Waals surface area contributed by atoms with Crippen LogP contribution in [-0.4, -0.2) is 28.6 Å². The van der Waals surface area contributed by atoms with Crippen molar-refractivity contribution in [3.8, 4) is 0 Å². The molecule has 0 spiro atoms. The highest BCUT2D eigenvalue weighted by Gasteiger charge is 2.23. The molecule has 1 N–H and O–H groups in total. The normalized spacial score (nSPS) is 20.6. The van der Waals surface area contributed by atoms with E-state index in [2.05, 4.69) is 26.9 Å². The second-order valence-electron chi connectivity index (χ2n) is 4.89. The lowest BCUT2D eigenvalue weighted by molar-refractivity contribution is -0.137. The van der Waals surface area contributed by atoms with Crippen molar-refractivity contribution in [2.24, 2.45) is 0 Å². The highest BCUT2D eigenvalue weighted by molar-refractivity contribution is 9.10. The van der Waals surface area contributed by atoms with Crippen LogP contribution in [0.4, 0.5) is 0 Å². The van der Waals surface area contributed by atoms with Gasteiger partial charge in [0.1, 0.15) is 4.34 Å². The van der Waals surface area contributed by atoms with Crippen LogP contribution in [-0.2, 0) is 11.3 Å². The summed E-state index contributed by atoms with van der Waals surface area (Å²) in [7, 11) is 0. The lowest BCUT2D eigenvalue weighted by atomic mass is 9.98. The minimum atomic E-state index is -0.701. The molecule has 2 rings (SSSR count). The van der Waals surface area contributed by atoms with Crippen molar-refractivity contribution >= 4 is 44.8 Å². The van der Waals surface area contributed by atoms with E-state index >= 15 is 0 Å². The Labute approximate surface area is 130 Å². The van der Waals surface area contributed by atoms with Gasteiger partial charge in [-0.25, -0.2) is 0 Å². The van der Waals surface area contributed by atoms with E-state index in [4.69, 9.17) is 16.7 Å². The molecule has 0 radical (unpaired) electrons. The number of hydrogen-bond acceptors (Lipinski definition) is 3. The lowest BCUT2D eigenvalue weighted by Gasteiger charge is -2.35.